The molecule has 5 nitrogen and oxygen atoms in total. The lowest BCUT2D eigenvalue weighted by molar-refractivity contribution is -0.500. The Morgan fingerprint density at radius 1 is 1.04 bits per heavy atom. The second-order valence-corrected chi connectivity index (χ2v) is 6.68. The molecule has 0 aliphatic carbocycles. The van der Waals surface area contributed by atoms with Crippen molar-refractivity contribution >= 4 is 63.5 Å². The van der Waals surface area contributed by atoms with Gasteiger partial charge < -0.3 is 5.73 Å². The number of anilines is 3. The maximum Gasteiger partial charge on any atom is 0.345 e. The van der Waals surface area contributed by atoms with Gasteiger partial charge in [-0.1, -0.05) is 46.4 Å². The fourth-order valence-electron chi connectivity index (χ4n) is 2.29. The van der Waals surface area contributed by atoms with Gasteiger partial charge >= 0.3 is 5.82 Å². The summed E-state index contributed by atoms with van der Waals surface area (Å²) in [6, 6.07) is 8.01. The van der Waals surface area contributed by atoms with Gasteiger partial charge in [0.25, 0.3) is 0 Å². The third kappa shape index (κ3) is 3.26. The molecule has 9 heteroatoms. The Balaban J connectivity index is 1.86. The van der Waals surface area contributed by atoms with E-state index in [1.165, 1.54) is 17.1 Å². The van der Waals surface area contributed by atoms with Crippen molar-refractivity contribution in [2.24, 2.45) is 0 Å². The van der Waals surface area contributed by atoms with Gasteiger partial charge in [-0.15, -0.1) is 0 Å². The minimum atomic E-state index is 0.282. The minimum Gasteiger partial charge on any atom is -0.399 e. The summed E-state index contributed by atoms with van der Waals surface area (Å²) in [6.45, 7) is 0.285. The van der Waals surface area contributed by atoms with Gasteiger partial charge in [0.05, 0.1) is 26.5 Å². The first-order valence-corrected chi connectivity index (χ1v) is 8.29. The molecule has 124 valence electrons. The van der Waals surface area contributed by atoms with E-state index in [1.807, 2.05) is 0 Å². The number of nitrogens with one attached hydrogen (secondary N) is 1. The van der Waals surface area contributed by atoms with Gasteiger partial charge in [-0.3, -0.25) is 0 Å². The SMILES string of the molecule is Nc1ccc(Cl)c(NC2=CCN(c3c(Cl)cc(Cl)cc3Cl)[N+]2=O)c1. The number of nitrogens with zero attached hydrogens (tertiary/aromatic N) is 2. The molecule has 24 heavy (non-hydrogen) atoms. The first kappa shape index (κ1) is 17.2. The van der Waals surface area contributed by atoms with Crippen molar-refractivity contribution in [1.82, 2.24) is 0 Å². The lowest BCUT2D eigenvalue weighted by atomic mass is 10.3. The summed E-state index contributed by atoms with van der Waals surface area (Å²) in [6.07, 6.45) is 1.69. The molecule has 3 N–H and O–H groups in total. The van der Waals surface area contributed by atoms with E-state index in [1.54, 1.807) is 24.3 Å². The highest BCUT2D eigenvalue weighted by atomic mass is 35.5. The molecule has 0 fully saturated rings. The number of hydrogen-bond donors (Lipinski definition) is 2. The second kappa shape index (κ2) is 6.69. The zero-order valence-electron chi connectivity index (χ0n) is 12.1. The first-order chi connectivity index (χ1) is 11.4. The highest BCUT2D eigenvalue weighted by Crippen LogP contribution is 2.38. The van der Waals surface area contributed by atoms with Gasteiger partial charge in [-0.2, -0.15) is 5.01 Å². The average Bonchev–Trinajstić information content (AvgIpc) is 2.84. The molecule has 0 atom stereocenters. The summed E-state index contributed by atoms with van der Waals surface area (Å²) >= 11 is 24.4. The van der Waals surface area contributed by atoms with Crippen LogP contribution in [-0.2, 0) is 0 Å². The number of hydrogen-bond acceptors (Lipinski definition) is 3. The highest BCUT2D eigenvalue weighted by molar-refractivity contribution is 6.41. The van der Waals surface area contributed by atoms with E-state index >= 15 is 0 Å². The van der Waals surface area contributed by atoms with Crippen LogP contribution in [0.1, 0.15) is 0 Å². The maximum atomic E-state index is 12.6. The molecule has 0 saturated carbocycles. The Labute approximate surface area is 158 Å². The zero-order valence-corrected chi connectivity index (χ0v) is 15.1. The Bertz CT molecular complexity index is 846. The Kier molecular flexibility index (Phi) is 4.78. The summed E-state index contributed by atoms with van der Waals surface area (Å²) < 4.78 is 0. The number of nitroso groups, excluding NO2 is 1. The second-order valence-electron chi connectivity index (χ2n) is 5.03. The zero-order chi connectivity index (χ0) is 17.4. The standard InChI is InChI=1S/C15H11Cl4N4O/c16-8-5-11(18)15(12(19)6-8)22-4-3-14(23(22)24)21-13-7-9(20)1-2-10(13)17/h1-3,5-7,21H,4,20H2/q+1. The molecule has 0 spiro atoms. The normalized spacial score (nSPS) is 14.1. The number of rotatable bonds is 3. The highest BCUT2D eigenvalue weighted by Gasteiger charge is 2.34. The lowest BCUT2D eigenvalue weighted by Gasteiger charge is -2.16. The number of halogens is 4. The summed E-state index contributed by atoms with van der Waals surface area (Å²) in [5.41, 5.74) is 7.17. The van der Waals surface area contributed by atoms with Gasteiger partial charge in [0.2, 0.25) is 0 Å². The predicted molar refractivity (Wildman–Crippen MR) is 100 cm³/mol. The van der Waals surface area contributed by atoms with Crippen molar-refractivity contribution in [3.8, 4) is 0 Å². The molecular formula is C15H11Cl4N4O+. The van der Waals surface area contributed by atoms with Gasteiger partial charge in [0, 0.05) is 22.9 Å². The quantitative estimate of drug-likeness (QED) is 0.534. The molecule has 0 aromatic heterocycles. The smallest absolute Gasteiger partial charge is 0.345 e. The van der Waals surface area contributed by atoms with Crippen LogP contribution in [0.2, 0.25) is 20.1 Å². The van der Waals surface area contributed by atoms with Crippen molar-refractivity contribution in [3.63, 3.8) is 0 Å². The summed E-state index contributed by atoms with van der Waals surface area (Å²) in [4.78, 5) is 13.2. The largest absolute Gasteiger partial charge is 0.399 e. The molecule has 2 aromatic carbocycles. The predicted octanol–water partition coefficient (Wildman–Crippen LogP) is 5.35. The molecule has 0 saturated heterocycles. The van der Waals surface area contributed by atoms with Crippen molar-refractivity contribution in [2.75, 3.05) is 22.6 Å². The lowest BCUT2D eigenvalue weighted by Crippen LogP contribution is -2.29. The number of nitrogens with two attached hydrogens (primary N) is 1. The van der Waals surface area contributed by atoms with Crippen molar-refractivity contribution in [2.45, 2.75) is 0 Å². The first-order valence-electron chi connectivity index (χ1n) is 6.78. The van der Waals surface area contributed by atoms with Crippen LogP contribution in [0, 0.1) is 4.91 Å². The molecule has 1 aliphatic heterocycles. The molecule has 0 bridgehead atoms. The fourth-order valence-corrected chi connectivity index (χ4v) is 3.47. The molecular weight excluding hydrogens is 394 g/mol. The van der Waals surface area contributed by atoms with Crippen molar-refractivity contribution in [3.05, 3.63) is 67.2 Å². The topological polar surface area (TPSA) is 61.4 Å². The van der Waals surface area contributed by atoms with Crippen molar-refractivity contribution in [1.29, 1.82) is 0 Å². The molecule has 2 aromatic rings. The van der Waals surface area contributed by atoms with E-state index < -0.39 is 0 Å². The van der Waals surface area contributed by atoms with E-state index in [0.29, 0.717) is 32.0 Å². The average molecular weight is 405 g/mol. The molecule has 1 heterocycles. The minimum absolute atomic E-state index is 0.282. The number of nitrogen functional groups attached to an aromatic ring is 1. The summed E-state index contributed by atoms with van der Waals surface area (Å²) in [7, 11) is 0. The van der Waals surface area contributed by atoms with E-state index in [9.17, 15) is 4.91 Å². The molecule has 0 unspecified atom stereocenters. The van der Waals surface area contributed by atoms with E-state index in [-0.39, 0.29) is 22.4 Å². The van der Waals surface area contributed by atoms with Gasteiger partial charge in [-0.05, 0) is 29.2 Å². The molecule has 0 amide bonds. The number of benzene rings is 2. The summed E-state index contributed by atoms with van der Waals surface area (Å²) in [5.74, 6) is 0.282. The van der Waals surface area contributed by atoms with Crippen LogP contribution in [0.3, 0.4) is 0 Å². The monoisotopic (exact) mass is 403 g/mol. The van der Waals surface area contributed by atoms with Crippen LogP contribution in [-0.4, -0.2) is 11.4 Å². The molecule has 3 rings (SSSR count). The van der Waals surface area contributed by atoms with Crippen LogP contribution in [0.5, 0.6) is 0 Å². The number of hydrazine groups is 1. The fraction of sp³-hybridized carbons (Fsp3) is 0.0667. The van der Waals surface area contributed by atoms with Crippen LogP contribution in [0.25, 0.3) is 0 Å². The van der Waals surface area contributed by atoms with Crippen LogP contribution >= 0.6 is 46.4 Å². The van der Waals surface area contributed by atoms with Crippen LogP contribution in [0.15, 0.2) is 42.2 Å². The van der Waals surface area contributed by atoms with Gasteiger partial charge in [0.15, 0.2) is 0 Å². The Hall–Kier alpha value is -1.66. The maximum absolute atomic E-state index is 12.6. The van der Waals surface area contributed by atoms with Crippen molar-refractivity contribution < 1.29 is 4.87 Å². The molecule has 0 radical (unpaired) electrons. The van der Waals surface area contributed by atoms with E-state index in [4.69, 9.17) is 52.1 Å². The Morgan fingerprint density at radius 2 is 1.71 bits per heavy atom. The Morgan fingerprint density at radius 3 is 2.38 bits per heavy atom. The van der Waals surface area contributed by atoms with Crippen LogP contribution < -0.4 is 16.1 Å². The molecule has 1 aliphatic rings. The van der Waals surface area contributed by atoms with E-state index in [2.05, 4.69) is 5.32 Å². The third-order valence-electron chi connectivity index (χ3n) is 3.38. The third-order valence-corrected chi connectivity index (χ3v) is 4.50. The van der Waals surface area contributed by atoms with Gasteiger partial charge in [0.1, 0.15) is 11.4 Å². The summed E-state index contributed by atoms with van der Waals surface area (Å²) in [5, 5.41) is 5.74. The van der Waals surface area contributed by atoms with Gasteiger partial charge in [-0.25, -0.2) is 5.32 Å². The van der Waals surface area contributed by atoms with E-state index in [0.717, 1.165) is 0 Å². The van der Waals surface area contributed by atoms with Crippen LogP contribution in [0.4, 0.5) is 17.1 Å².